The summed E-state index contributed by atoms with van der Waals surface area (Å²) in [6.07, 6.45) is 0. The Morgan fingerprint density at radius 2 is 1.36 bits per heavy atom. The zero-order valence-corrected chi connectivity index (χ0v) is 17.7. The molecule has 5 aromatic rings. The lowest BCUT2D eigenvalue weighted by molar-refractivity contribution is 0.596. The Hall–Kier alpha value is -2.64. The third kappa shape index (κ3) is 2.65. The Kier molecular flexibility index (Phi) is 3.86. The van der Waals surface area contributed by atoms with Gasteiger partial charge in [0, 0.05) is 20.2 Å². The molecular weight excluding hydrogens is 356 g/mol. The van der Waals surface area contributed by atoms with E-state index in [-0.39, 0.29) is 5.41 Å². The highest BCUT2D eigenvalue weighted by Gasteiger charge is 2.19. The van der Waals surface area contributed by atoms with Gasteiger partial charge in [0.1, 0.15) is 0 Å². The van der Waals surface area contributed by atoms with Crippen LogP contribution in [0.25, 0.3) is 42.1 Å². The Balaban J connectivity index is 1.87. The van der Waals surface area contributed by atoms with Crippen LogP contribution in [0.5, 0.6) is 0 Å². The standard InChI is InChI=1S/C27H24S/c1-17-9-7-13-22-23-14-8-12-21(26(23)28-25(17)22)19-15-18-10-5-6-11-20(18)24(16-19)27(2,3)4/h5-16H,1-4H3. The Bertz CT molecular complexity index is 1350. The van der Waals surface area contributed by atoms with Gasteiger partial charge in [0.25, 0.3) is 0 Å². The fraction of sp³-hybridized carbons (Fsp3) is 0.185. The molecule has 1 heterocycles. The van der Waals surface area contributed by atoms with Crippen LogP contribution in [0.3, 0.4) is 0 Å². The van der Waals surface area contributed by atoms with Crippen LogP contribution in [0.15, 0.2) is 72.8 Å². The van der Waals surface area contributed by atoms with Crippen molar-refractivity contribution in [3.63, 3.8) is 0 Å². The molecule has 1 heteroatoms. The zero-order chi connectivity index (χ0) is 19.5. The van der Waals surface area contributed by atoms with Crippen molar-refractivity contribution in [2.75, 3.05) is 0 Å². The number of rotatable bonds is 1. The third-order valence-corrected chi connectivity index (χ3v) is 7.09. The summed E-state index contributed by atoms with van der Waals surface area (Å²) < 4.78 is 2.80. The van der Waals surface area contributed by atoms with Crippen molar-refractivity contribution in [1.82, 2.24) is 0 Å². The van der Waals surface area contributed by atoms with Gasteiger partial charge in [0.2, 0.25) is 0 Å². The summed E-state index contributed by atoms with van der Waals surface area (Å²) in [6.45, 7) is 9.14. The van der Waals surface area contributed by atoms with E-state index >= 15 is 0 Å². The lowest BCUT2D eigenvalue weighted by atomic mass is 9.82. The van der Waals surface area contributed by atoms with Gasteiger partial charge in [-0.25, -0.2) is 0 Å². The van der Waals surface area contributed by atoms with Gasteiger partial charge >= 0.3 is 0 Å². The van der Waals surface area contributed by atoms with Crippen molar-refractivity contribution >= 4 is 42.3 Å². The molecule has 1 aromatic heterocycles. The van der Waals surface area contributed by atoms with E-state index in [9.17, 15) is 0 Å². The van der Waals surface area contributed by atoms with Gasteiger partial charge in [-0.15, -0.1) is 11.3 Å². The second kappa shape index (κ2) is 6.18. The summed E-state index contributed by atoms with van der Waals surface area (Å²) in [4.78, 5) is 0. The smallest absolute Gasteiger partial charge is 0.0433 e. The summed E-state index contributed by atoms with van der Waals surface area (Å²) >= 11 is 1.93. The topological polar surface area (TPSA) is 0 Å². The van der Waals surface area contributed by atoms with Gasteiger partial charge in [0.05, 0.1) is 0 Å². The molecular formula is C27H24S. The quantitative estimate of drug-likeness (QED) is 0.273. The number of thiophene rings is 1. The minimum absolute atomic E-state index is 0.0975. The molecule has 0 spiro atoms. The van der Waals surface area contributed by atoms with Crippen LogP contribution in [-0.2, 0) is 5.41 Å². The molecule has 28 heavy (non-hydrogen) atoms. The maximum Gasteiger partial charge on any atom is 0.0433 e. The molecule has 0 atom stereocenters. The lowest BCUT2D eigenvalue weighted by Crippen LogP contribution is -2.11. The van der Waals surface area contributed by atoms with Crippen molar-refractivity contribution in [2.24, 2.45) is 0 Å². The number of fused-ring (bicyclic) bond motifs is 4. The largest absolute Gasteiger partial charge is 0.134 e. The highest BCUT2D eigenvalue weighted by molar-refractivity contribution is 7.26. The van der Waals surface area contributed by atoms with Crippen molar-refractivity contribution in [3.05, 3.63) is 83.9 Å². The number of hydrogen-bond donors (Lipinski definition) is 0. The molecule has 0 aliphatic rings. The van der Waals surface area contributed by atoms with E-state index in [0.717, 1.165) is 0 Å². The molecule has 0 saturated heterocycles. The van der Waals surface area contributed by atoms with Crippen molar-refractivity contribution in [3.8, 4) is 11.1 Å². The predicted octanol–water partition coefficient (Wildman–Crippen LogP) is 8.48. The first-order valence-electron chi connectivity index (χ1n) is 9.88. The number of hydrogen-bond acceptors (Lipinski definition) is 1. The van der Waals surface area contributed by atoms with Crippen molar-refractivity contribution in [2.45, 2.75) is 33.1 Å². The van der Waals surface area contributed by atoms with E-state index in [4.69, 9.17) is 0 Å². The molecule has 0 radical (unpaired) electrons. The van der Waals surface area contributed by atoms with Crippen molar-refractivity contribution < 1.29 is 0 Å². The average molecular weight is 381 g/mol. The maximum atomic E-state index is 2.41. The maximum absolute atomic E-state index is 2.41. The normalized spacial score (nSPS) is 12.3. The molecule has 0 bridgehead atoms. The monoisotopic (exact) mass is 380 g/mol. The predicted molar refractivity (Wildman–Crippen MR) is 126 cm³/mol. The van der Waals surface area contributed by atoms with Gasteiger partial charge in [0.15, 0.2) is 0 Å². The molecule has 0 amide bonds. The first kappa shape index (κ1) is 17.5. The Morgan fingerprint density at radius 3 is 2.14 bits per heavy atom. The molecule has 5 rings (SSSR count). The average Bonchev–Trinajstić information content (AvgIpc) is 3.07. The van der Waals surface area contributed by atoms with Crippen LogP contribution in [0.2, 0.25) is 0 Å². The molecule has 0 aliphatic carbocycles. The van der Waals surface area contributed by atoms with E-state index < -0.39 is 0 Å². The summed E-state index contributed by atoms with van der Waals surface area (Å²) in [6, 6.07) is 26.9. The van der Waals surface area contributed by atoms with E-state index in [1.807, 2.05) is 11.3 Å². The molecule has 0 fully saturated rings. The molecule has 0 saturated carbocycles. The first-order chi connectivity index (χ1) is 13.4. The lowest BCUT2D eigenvalue weighted by Gasteiger charge is -2.23. The second-order valence-corrected chi connectivity index (χ2v) is 9.75. The molecule has 0 unspecified atom stereocenters. The number of aryl methyl sites for hydroxylation is 1. The summed E-state index contributed by atoms with van der Waals surface area (Å²) in [5.41, 5.74) is 5.53. The highest BCUT2D eigenvalue weighted by atomic mass is 32.1. The zero-order valence-electron chi connectivity index (χ0n) is 16.8. The molecule has 0 nitrogen and oxygen atoms in total. The summed E-state index contributed by atoms with van der Waals surface area (Å²) in [5.74, 6) is 0. The summed E-state index contributed by atoms with van der Waals surface area (Å²) in [5, 5.41) is 5.42. The minimum Gasteiger partial charge on any atom is -0.134 e. The summed E-state index contributed by atoms with van der Waals surface area (Å²) in [7, 11) is 0. The van der Waals surface area contributed by atoms with E-state index in [1.54, 1.807) is 0 Å². The van der Waals surface area contributed by atoms with Gasteiger partial charge in [-0.3, -0.25) is 0 Å². The van der Waals surface area contributed by atoms with E-state index in [1.165, 1.54) is 53.2 Å². The fourth-order valence-electron chi connectivity index (χ4n) is 4.28. The van der Waals surface area contributed by atoms with Gasteiger partial charge in [-0.2, -0.15) is 0 Å². The SMILES string of the molecule is Cc1cccc2c1sc1c(-c3cc(C(C)(C)C)c4ccccc4c3)cccc12. The van der Waals surface area contributed by atoms with E-state index in [2.05, 4.69) is 100 Å². The first-order valence-corrected chi connectivity index (χ1v) is 10.7. The molecule has 0 N–H and O–H groups in total. The molecule has 0 aliphatic heterocycles. The van der Waals surface area contributed by atoms with Crippen LogP contribution < -0.4 is 0 Å². The van der Waals surface area contributed by atoms with Crippen LogP contribution >= 0.6 is 11.3 Å². The molecule has 4 aromatic carbocycles. The van der Waals surface area contributed by atoms with E-state index in [0.29, 0.717) is 0 Å². The Morgan fingerprint density at radius 1 is 0.679 bits per heavy atom. The minimum atomic E-state index is 0.0975. The van der Waals surface area contributed by atoms with Gasteiger partial charge in [-0.05, 0) is 57.5 Å². The van der Waals surface area contributed by atoms with Crippen LogP contribution in [0.1, 0.15) is 31.9 Å². The highest BCUT2D eigenvalue weighted by Crippen LogP contribution is 2.42. The third-order valence-electron chi connectivity index (χ3n) is 5.70. The molecule has 138 valence electrons. The van der Waals surface area contributed by atoms with Crippen LogP contribution in [0, 0.1) is 6.92 Å². The van der Waals surface area contributed by atoms with Gasteiger partial charge < -0.3 is 0 Å². The number of benzene rings is 4. The van der Waals surface area contributed by atoms with Gasteiger partial charge in [-0.1, -0.05) is 81.4 Å². The van der Waals surface area contributed by atoms with Crippen molar-refractivity contribution in [1.29, 1.82) is 0 Å². The van der Waals surface area contributed by atoms with Crippen LogP contribution in [-0.4, -0.2) is 0 Å². The van der Waals surface area contributed by atoms with Crippen LogP contribution in [0.4, 0.5) is 0 Å². The Labute approximate surface area is 170 Å². The second-order valence-electron chi connectivity index (χ2n) is 8.73. The fourth-order valence-corrected chi connectivity index (χ4v) is 5.58.